The van der Waals surface area contributed by atoms with Crippen LogP contribution < -0.4 is 5.32 Å². The van der Waals surface area contributed by atoms with Gasteiger partial charge in [0.2, 0.25) is 0 Å². The van der Waals surface area contributed by atoms with Gasteiger partial charge in [0.1, 0.15) is 10.4 Å². The fourth-order valence-corrected chi connectivity index (χ4v) is 3.82. The molecule has 1 aliphatic heterocycles. The number of hydrogen-bond donors (Lipinski definition) is 2. The monoisotopic (exact) mass is 323 g/mol. The third-order valence-corrected chi connectivity index (χ3v) is 5.48. The van der Waals surface area contributed by atoms with Gasteiger partial charge in [-0.15, -0.1) is 11.3 Å². The quantitative estimate of drug-likeness (QED) is 0.869. The van der Waals surface area contributed by atoms with Crippen molar-refractivity contribution in [3.63, 3.8) is 0 Å². The van der Waals surface area contributed by atoms with E-state index >= 15 is 0 Å². The highest BCUT2D eigenvalue weighted by atomic mass is 79.9. The zero-order valence-electron chi connectivity index (χ0n) is 8.88. The molecule has 0 radical (unpaired) electrons. The number of hydrogen-bond acceptors (Lipinski definition) is 3. The van der Waals surface area contributed by atoms with Crippen molar-refractivity contribution in [2.75, 3.05) is 6.54 Å². The molecule has 2 heterocycles. The van der Waals surface area contributed by atoms with E-state index in [2.05, 4.69) is 21.2 Å². The molecule has 1 aromatic heterocycles. The van der Waals surface area contributed by atoms with E-state index in [0.717, 1.165) is 22.3 Å². The molecule has 2 nitrogen and oxygen atoms in total. The van der Waals surface area contributed by atoms with Gasteiger partial charge in [-0.1, -0.05) is 24.4 Å². The fourth-order valence-electron chi connectivity index (χ4n) is 2.03. The van der Waals surface area contributed by atoms with Gasteiger partial charge in [0.25, 0.3) is 0 Å². The molecule has 16 heavy (non-hydrogen) atoms. The summed E-state index contributed by atoms with van der Waals surface area (Å²) in [5, 5.41) is 13.7. The van der Waals surface area contributed by atoms with E-state index in [1.54, 1.807) is 0 Å². The van der Waals surface area contributed by atoms with E-state index in [1.807, 2.05) is 6.07 Å². The minimum atomic E-state index is -0.438. The first-order valence-electron chi connectivity index (χ1n) is 5.54. The van der Waals surface area contributed by atoms with Gasteiger partial charge < -0.3 is 10.4 Å². The van der Waals surface area contributed by atoms with E-state index in [-0.39, 0.29) is 6.04 Å². The Morgan fingerprint density at radius 1 is 1.50 bits per heavy atom. The van der Waals surface area contributed by atoms with Gasteiger partial charge in [0.05, 0.1) is 0 Å². The second-order valence-electron chi connectivity index (χ2n) is 4.13. The molecule has 2 atom stereocenters. The second kappa shape index (κ2) is 5.83. The van der Waals surface area contributed by atoms with Gasteiger partial charge in [-0.05, 0) is 41.4 Å². The predicted molar refractivity (Wildman–Crippen MR) is 72.2 cm³/mol. The van der Waals surface area contributed by atoms with Crippen LogP contribution in [0.2, 0.25) is 4.34 Å². The van der Waals surface area contributed by atoms with Gasteiger partial charge >= 0.3 is 0 Å². The van der Waals surface area contributed by atoms with Crippen LogP contribution in [0.3, 0.4) is 0 Å². The Labute approximate surface area is 113 Å². The maximum atomic E-state index is 10.3. The minimum absolute atomic E-state index is 0.170. The molecule has 0 aromatic carbocycles. The summed E-state index contributed by atoms with van der Waals surface area (Å²) >= 11 is 10.8. The topological polar surface area (TPSA) is 32.3 Å². The normalized spacial score (nSPS) is 24.1. The molecule has 2 rings (SSSR count). The lowest BCUT2D eigenvalue weighted by Crippen LogP contribution is -2.33. The average molecular weight is 325 g/mol. The molecule has 0 bridgehead atoms. The first kappa shape index (κ1) is 12.8. The smallest absolute Gasteiger partial charge is 0.107 e. The molecule has 1 aliphatic rings. The Morgan fingerprint density at radius 3 is 3.00 bits per heavy atom. The van der Waals surface area contributed by atoms with E-state index in [1.165, 1.54) is 30.6 Å². The zero-order chi connectivity index (χ0) is 11.5. The molecule has 0 saturated carbocycles. The molecule has 90 valence electrons. The van der Waals surface area contributed by atoms with Crippen molar-refractivity contribution in [3.05, 3.63) is 19.8 Å². The summed E-state index contributed by atoms with van der Waals surface area (Å²) in [4.78, 5) is 0.941. The fraction of sp³-hybridized carbons (Fsp3) is 0.636. The lowest BCUT2D eigenvalue weighted by Gasteiger charge is -2.21. The van der Waals surface area contributed by atoms with Crippen LogP contribution in [0.4, 0.5) is 0 Å². The van der Waals surface area contributed by atoms with Crippen molar-refractivity contribution in [2.45, 2.75) is 37.8 Å². The van der Waals surface area contributed by atoms with Crippen molar-refractivity contribution in [1.82, 2.24) is 5.32 Å². The Kier molecular flexibility index (Phi) is 4.67. The molecular formula is C11H15BrClNOS. The van der Waals surface area contributed by atoms with Gasteiger partial charge in [0.15, 0.2) is 0 Å². The first-order valence-corrected chi connectivity index (χ1v) is 7.53. The summed E-state index contributed by atoms with van der Waals surface area (Å²) in [6, 6.07) is 2.09. The minimum Gasteiger partial charge on any atom is -0.386 e. The van der Waals surface area contributed by atoms with Crippen LogP contribution >= 0.6 is 38.9 Å². The summed E-state index contributed by atoms with van der Waals surface area (Å²) in [5.74, 6) is 0. The molecule has 1 saturated heterocycles. The highest BCUT2D eigenvalue weighted by Crippen LogP contribution is 2.37. The zero-order valence-corrected chi connectivity index (χ0v) is 12.0. The summed E-state index contributed by atoms with van der Waals surface area (Å²) in [6.07, 6.45) is 4.25. The Bertz CT molecular complexity index is 330. The highest BCUT2D eigenvalue weighted by molar-refractivity contribution is 9.10. The van der Waals surface area contributed by atoms with Crippen molar-refractivity contribution in [3.8, 4) is 0 Å². The largest absolute Gasteiger partial charge is 0.386 e. The molecule has 2 N–H and O–H groups in total. The SMILES string of the molecule is OC(c1cc(Br)c(Cl)s1)C1CCCCCN1. The average Bonchev–Trinajstić information content (AvgIpc) is 2.51. The Balaban J connectivity index is 2.07. The summed E-state index contributed by atoms with van der Waals surface area (Å²) in [5.41, 5.74) is 0. The van der Waals surface area contributed by atoms with Crippen molar-refractivity contribution < 1.29 is 5.11 Å². The van der Waals surface area contributed by atoms with Crippen molar-refractivity contribution >= 4 is 38.9 Å². The molecule has 0 spiro atoms. The van der Waals surface area contributed by atoms with Gasteiger partial charge in [-0.25, -0.2) is 0 Å². The molecule has 0 amide bonds. The lowest BCUT2D eigenvalue weighted by molar-refractivity contribution is 0.129. The first-order chi connectivity index (χ1) is 7.68. The van der Waals surface area contributed by atoms with Crippen molar-refractivity contribution in [2.24, 2.45) is 0 Å². The molecular weight excluding hydrogens is 310 g/mol. The molecule has 0 aliphatic carbocycles. The maximum absolute atomic E-state index is 10.3. The van der Waals surface area contributed by atoms with Crippen LogP contribution in [0.1, 0.15) is 36.7 Å². The third kappa shape index (κ3) is 2.99. The molecule has 1 fully saturated rings. The number of aliphatic hydroxyl groups excluding tert-OH is 1. The lowest BCUT2D eigenvalue weighted by atomic mass is 10.0. The predicted octanol–water partition coefficient (Wildman–Crippen LogP) is 3.73. The number of thiophene rings is 1. The number of nitrogens with one attached hydrogen (secondary N) is 1. The molecule has 2 unspecified atom stereocenters. The van der Waals surface area contributed by atoms with Crippen LogP contribution in [0, 0.1) is 0 Å². The second-order valence-corrected chi connectivity index (χ2v) is 6.67. The van der Waals surface area contributed by atoms with E-state index in [9.17, 15) is 5.11 Å². The maximum Gasteiger partial charge on any atom is 0.107 e. The van der Waals surface area contributed by atoms with E-state index in [0.29, 0.717) is 4.34 Å². The summed E-state index contributed by atoms with van der Waals surface area (Å²) in [7, 11) is 0. The van der Waals surface area contributed by atoms with Gasteiger partial charge in [0, 0.05) is 15.4 Å². The van der Waals surface area contributed by atoms with Crippen LogP contribution in [0.25, 0.3) is 0 Å². The summed E-state index contributed by atoms with van der Waals surface area (Å²) in [6.45, 7) is 1.00. The Hall–Kier alpha value is 0.390. The standard InChI is InChI=1S/C11H15BrClNOS/c12-7-6-9(16-11(7)13)10(15)8-4-2-1-3-5-14-8/h6,8,10,14-15H,1-5H2. The number of aliphatic hydroxyl groups is 1. The van der Waals surface area contributed by atoms with Crippen LogP contribution in [-0.4, -0.2) is 17.7 Å². The Morgan fingerprint density at radius 2 is 2.31 bits per heavy atom. The number of rotatable bonds is 2. The third-order valence-electron chi connectivity index (χ3n) is 2.94. The molecule has 1 aromatic rings. The summed E-state index contributed by atoms with van der Waals surface area (Å²) < 4.78 is 1.59. The highest BCUT2D eigenvalue weighted by Gasteiger charge is 2.23. The molecule has 5 heteroatoms. The van der Waals surface area contributed by atoms with Crippen molar-refractivity contribution in [1.29, 1.82) is 0 Å². The van der Waals surface area contributed by atoms with Gasteiger partial charge in [-0.2, -0.15) is 0 Å². The van der Waals surface area contributed by atoms with Crippen LogP contribution in [0.15, 0.2) is 10.5 Å². The van der Waals surface area contributed by atoms with Gasteiger partial charge in [-0.3, -0.25) is 0 Å². The van der Waals surface area contributed by atoms with Crippen LogP contribution in [0.5, 0.6) is 0 Å². The van der Waals surface area contributed by atoms with Crippen LogP contribution in [-0.2, 0) is 0 Å². The van der Waals surface area contributed by atoms with E-state index < -0.39 is 6.10 Å². The number of halogens is 2. The van der Waals surface area contributed by atoms with E-state index in [4.69, 9.17) is 11.6 Å².